The highest BCUT2D eigenvalue weighted by Gasteiger charge is 2.30. The largest absolute Gasteiger partial charge is 0.416 e. The molecule has 5 nitrogen and oxygen atoms in total. The first-order chi connectivity index (χ1) is 12.3. The molecular formula is C18H27F3N4O. The Labute approximate surface area is 152 Å². The van der Waals surface area contributed by atoms with Crippen molar-refractivity contribution in [3.8, 4) is 0 Å². The van der Waals surface area contributed by atoms with Crippen LogP contribution in [0.15, 0.2) is 24.3 Å². The average molecular weight is 372 g/mol. The van der Waals surface area contributed by atoms with Crippen molar-refractivity contribution < 1.29 is 18.0 Å². The third-order valence-corrected chi connectivity index (χ3v) is 4.41. The van der Waals surface area contributed by atoms with Gasteiger partial charge < -0.3 is 15.1 Å². The van der Waals surface area contributed by atoms with Gasteiger partial charge >= 0.3 is 12.2 Å². The molecular weight excluding hydrogens is 345 g/mol. The SMILES string of the molecule is CN(C)CCCNC(=O)N1CCN(Cc2ccc(C(F)(F)F)cc2)CC1. The molecule has 1 aliphatic rings. The van der Waals surface area contributed by atoms with Crippen LogP contribution in [0.1, 0.15) is 17.5 Å². The fraction of sp³-hybridized carbons (Fsp3) is 0.611. The van der Waals surface area contributed by atoms with Gasteiger partial charge in [0.05, 0.1) is 5.56 Å². The summed E-state index contributed by atoms with van der Waals surface area (Å²) in [5.74, 6) is 0. The summed E-state index contributed by atoms with van der Waals surface area (Å²) in [7, 11) is 4.00. The van der Waals surface area contributed by atoms with Gasteiger partial charge in [-0.25, -0.2) is 4.79 Å². The van der Waals surface area contributed by atoms with Crippen molar-refractivity contribution in [2.45, 2.75) is 19.1 Å². The number of nitrogens with zero attached hydrogens (tertiary/aromatic N) is 3. The van der Waals surface area contributed by atoms with Gasteiger partial charge in [-0.15, -0.1) is 0 Å². The van der Waals surface area contributed by atoms with E-state index in [2.05, 4.69) is 15.1 Å². The van der Waals surface area contributed by atoms with Gasteiger partial charge in [0, 0.05) is 39.3 Å². The van der Waals surface area contributed by atoms with Gasteiger partial charge in [0.15, 0.2) is 0 Å². The Kier molecular flexibility index (Phi) is 7.28. The smallest absolute Gasteiger partial charge is 0.338 e. The summed E-state index contributed by atoms with van der Waals surface area (Å²) >= 11 is 0. The van der Waals surface area contributed by atoms with E-state index in [9.17, 15) is 18.0 Å². The molecule has 0 saturated carbocycles. The number of urea groups is 1. The molecule has 2 rings (SSSR count). The Hall–Kier alpha value is -1.80. The lowest BCUT2D eigenvalue weighted by atomic mass is 10.1. The number of hydrogen-bond acceptors (Lipinski definition) is 3. The normalized spacial score (nSPS) is 16.2. The second-order valence-corrected chi connectivity index (χ2v) is 6.85. The first kappa shape index (κ1) is 20.5. The van der Waals surface area contributed by atoms with Crippen molar-refractivity contribution in [3.63, 3.8) is 0 Å². The van der Waals surface area contributed by atoms with Crippen LogP contribution in [0.2, 0.25) is 0 Å². The molecule has 146 valence electrons. The summed E-state index contributed by atoms with van der Waals surface area (Å²) < 4.78 is 37.8. The topological polar surface area (TPSA) is 38.8 Å². The third kappa shape index (κ3) is 6.49. The molecule has 0 unspecified atom stereocenters. The molecule has 0 bridgehead atoms. The Bertz CT molecular complexity index is 567. The standard InChI is InChI=1S/C18H27F3N4O/c1-23(2)9-3-8-22-17(26)25-12-10-24(11-13-25)14-15-4-6-16(7-5-15)18(19,20)21/h4-7H,3,8-14H2,1-2H3,(H,22,26). The molecule has 8 heteroatoms. The number of carbonyl (C=O) groups excluding carboxylic acids is 1. The van der Waals surface area contributed by atoms with Crippen molar-refractivity contribution in [2.75, 3.05) is 53.4 Å². The van der Waals surface area contributed by atoms with E-state index in [0.717, 1.165) is 30.7 Å². The average Bonchev–Trinajstić information content (AvgIpc) is 2.59. The first-order valence-corrected chi connectivity index (χ1v) is 8.81. The lowest BCUT2D eigenvalue weighted by Crippen LogP contribution is -2.51. The maximum Gasteiger partial charge on any atom is 0.416 e. The molecule has 2 amide bonds. The number of nitrogens with one attached hydrogen (secondary N) is 1. The van der Waals surface area contributed by atoms with Gasteiger partial charge in [-0.1, -0.05) is 12.1 Å². The molecule has 1 saturated heterocycles. The van der Waals surface area contributed by atoms with Crippen LogP contribution in [0.5, 0.6) is 0 Å². The predicted molar refractivity (Wildman–Crippen MR) is 94.9 cm³/mol. The molecule has 0 spiro atoms. The number of alkyl halides is 3. The first-order valence-electron chi connectivity index (χ1n) is 8.81. The van der Waals surface area contributed by atoms with Crippen molar-refractivity contribution in [3.05, 3.63) is 35.4 Å². The van der Waals surface area contributed by atoms with Gasteiger partial charge in [0.25, 0.3) is 0 Å². The number of piperazine rings is 1. The monoisotopic (exact) mass is 372 g/mol. The summed E-state index contributed by atoms with van der Waals surface area (Å²) in [5.41, 5.74) is 0.219. The Morgan fingerprint density at radius 2 is 1.73 bits per heavy atom. The van der Waals surface area contributed by atoms with Crippen LogP contribution in [-0.4, -0.2) is 74.1 Å². The van der Waals surface area contributed by atoms with E-state index in [0.29, 0.717) is 39.3 Å². The molecule has 26 heavy (non-hydrogen) atoms. The highest BCUT2D eigenvalue weighted by Crippen LogP contribution is 2.29. The molecule has 0 aliphatic carbocycles. The number of benzene rings is 1. The molecule has 1 aromatic rings. The summed E-state index contributed by atoms with van der Waals surface area (Å²) in [5, 5.41) is 2.93. The lowest BCUT2D eigenvalue weighted by molar-refractivity contribution is -0.137. The minimum Gasteiger partial charge on any atom is -0.338 e. The minimum atomic E-state index is -4.30. The van der Waals surface area contributed by atoms with E-state index in [4.69, 9.17) is 0 Å². The summed E-state index contributed by atoms with van der Waals surface area (Å²) in [4.78, 5) is 18.1. The lowest BCUT2D eigenvalue weighted by Gasteiger charge is -2.34. The van der Waals surface area contributed by atoms with Gasteiger partial charge in [-0.3, -0.25) is 4.90 Å². The Morgan fingerprint density at radius 1 is 1.12 bits per heavy atom. The van der Waals surface area contributed by atoms with Crippen LogP contribution < -0.4 is 5.32 Å². The quantitative estimate of drug-likeness (QED) is 0.780. The van der Waals surface area contributed by atoms with E-state index in [1.165, 1.54) is 12.1 Å². The number of halogens is 3. The van der Waals surface area contributed by atoms with E-state index >= 15 is 0 Å². The maximum atomic E-state index is 12.6. The fourth-order valence-electron chi connectivity index (χ4n) is 2.87. The molecule has 0 aromatic heterocycles. The summed E-state index contributed by atoms with van der Waals surface area (Å²) in [6.07, 6.45) is -3.39. The molecule has 1 N–H and O–H groups in total. The van der Waals surface area contributed by atoms with Gasteiger partial charge in [-0.2, -0.15) is 13.2 Å². The van der Waals surface area contributed by atoms with Crippen LogP contribution in [0.3, 0.4) is 0 Å². The Morgan fingerprint density at radius 3 is 2.27 bits per heavy atom. The van der Waals surface area contributed by atoms with Crippen molar-refractivity contribution >= 4 is 6.03 Å². The van der Waals surface area contributed by atoms with Crippen LogP contribution in [-0.2, 0) is 12.7 Å². The van der Waals surface area contributed by atoms with Crippen LogP contribution >= 0.6 is 0 Å². The molecule has 1 aromatic carbocycles. The highest BCUT2D eigenvalue weighted by atomic mass is 19.4. The van der Waals surface area contributed by atoms with E-state index in [1.54, 1.807) is 4.90 Å². The minimum absolute atomic E-state index is 0.0436. The molecule has 0 radical (unpaired) electrons. The van der Waals surface area contributed by atoms with Crippen molar-refractivity contribution in [2.24, 2.45) is 0 Å². The van der Waals surface area contributed by atoms with E-state index in [-0.39, 0.29) is 6.03 Å². The Balaban J connectivity index is 1.72. The molecule has 0 atom stereocenters. The zero-order chi connectivity index (χ0) is 19.2. The van der Waals surface area contributed by atoms with Gasteiger partial charge in [-0.05, 0) is 44.8 Å². The molecule has 1 heterocycles. The number of hydrogen-bond donors (Lipinski definition) is 1. The molecule has 1 aliphatic heterocycles. The zero-order valence-corrected chi connectivity index (χ0v) is 15.4. The maximum absolute atomic E-state index is 12.6. The second-order valence-electron chi connectivity index (χ2n) is 6.85. The fourth-order valence-corrected chi connectivity index (χ4v) is 2.87. The van der Waals surface area contributed by atoms with Crippen LogP contribution in [0.25, 0.3) is 0 Å². The van der Waals surface area contributed by atoms with Crippen molar-refractivity contribution in [1.29, 1.82) is 0 Å². The van der Waals surface area contributed by atoms with Crippen LogP contribution in [0.4, 0.5) is 18.0 Å². The molecule has 1 fully saturated rings. The zero-order valence-electron chi connectivity index (χ0n) is 15.4. The predicted octanol–water partition coefficient (Wildman–Crippen LogP) is 2.48. The van der Waals surface area contributed by atoms with E-state index in [1.807, 2.05) is 14.1 Å². The summed E-state index contributed by atoms with van der Waals surface area (Å²) in [6.45, 7) is 4.86. The van der Waals surface area contributed by atoms with Crippen LogP contribution in [0, 0.1) is 0 Å². The number of carbonyl (C=O) groups is 1. The van der Waals surface area contributed by atoms with E-state index < -0.39 is 11.7 Å². The number of amides is 2. The van der Waals surface area contributed by atoms with Gasteiger partial charge in [0.2, 0.25) is 0 Å². The van der Waals surface area contributed by atoms with Crippen molar-refractivity contribution in [1.82, 2.24) is 20.0 Å². The van der Waals surface area contributed by atoms with Gasteiger partial charge in [0.1, 0.15) is 0 Å². The number of rotatable bonds is 6. The second kappa shape index (κ2) is 9.23. The third-order valence-electron chi connectivity index (χ3n) is 4.41. The summed E-state index contributed by atoms with van der Waals surface area (Å²) in [6, 6.07) is 5.23. The highest BCUT2D eigenvalue weighted by molar-refractivity contribution is 5.74.